The van der Waals surface area contributed by atoms with Gasteiger partial charge in [0.15, 0.2) is 0 Å². The summed E-state index contributed by atoms with van der Waals surface area (Å²) in [4.78, 5) is 16.3. The van der Waals surface area contributed by atoms with E-state index in [0.717, 1.165) is 32.6 Å². The summed E-state index contributed by atoms with van der Waals surface area (Å²) in [5, 5.41) is 0. The van der Waals surface area contributed by atoms with Gasteiger partial charge >= 0.3 is 6.09 Å². The van der Waals surface area contributed by atoms with Gasteiger partial charge in [0.1, 0.15) is 0 Å². The Morgan fingerprint density at radius 3 is 2.85 bits per heavy atom. The Balaban J connectivity index is 1.60. The number of amides is 1. The van der Waals surface area contributed by atoms with Gasteiger partial charge in [-0.15, -0.1) is 0 Å². The van der Waals surface area contributed by atoms with Gasteiger partial charge in [-0.2, -0.15) is 0 Å². The lowest BCUT2D eigenvalue weighted by Crippen LogP contribution is -2.39. The number of likely N-dealkylation sites (tertiary alicyclic amines) is 2. The lowest BCUT2D eigenvalue weighted by atomic mass is 10.1. The molecule has 0 N–H and O–H groups in total. The predicted molar refractivity (Wildman–Crippen MR) is 77.3 cm³/mol. The van der Waals surface area contributed by atoms with E-state index in [4.69, 9.17) is 4.74 Å². The van der Waals surface area contributed by atoms with Crippen molar-refractivity contribution in [3.05, 3.63) is 35.9 Å². The van der Waals surface area contributed by atoms with E-state index in [1.165, 1.54) is 5.56 Å². The highest BCUT2D eigenvalue weighted by molar-refractivity contribution is 5.68. The molecule has 0 radical (unpaired) electrons. The fourth-order valence-corrected chi connectivity index (χ4v) is 3.45. The van der Waals surface area contributed by atoms with Gasteiger partial charge < -0.3 is 9.64 Å². The van der Waals surface area contributed by atoms with Gasteiger partial charge in [-0.3, -0.25) is 4.90 Å². The van der Waals surface area contributed by atoms with Crippen molar-refractivity contribution in [1.82, 2.24) is 9.80 Å². The van der Waals surface area contributed by atoms with Crippen LogP contribution in [0.2, 0.25) is 0 Å². The summed E-state index contributed by atoms with van der Waals surface area (Å²) in [5.41, 5.74) is 1.34. The predicted octanol–water partition coefficient (Wildman–Crippen LogP) is 2.35. The Bertz CT molecular complexity index is 463. The molecule has 2 fully saturated rings. The number of fused-ring (bicyclic) bond motifs is 1. The third kappa shape index (κ3) is 2.66. The summed E-state index contributed by atoms with van der Waals surface area (Å²) in [5.74, 6) is 0.614. The molecule has 1 aromatic carbocycles. The normalized spacial score (nSPS) is 25.8. The third-order valence-corrected chi connectivity index (χ3v) is 4.37. The monoisotopic (exact) mass is 274 g/mol. The maximum Gasteiger partial charge on any atom is 0.410 e. The van der Waals surface area contributed by atoms with Gasteiger partial charge in [0.2, 0.25) is 0 Å². The molecule has 1 amide bonds. The lowest BCUT2D eigenvalue weighted by molar-refractivity contribution is 0.100. The summed E-state index contributed by atoms with van der Waals surface area (Å²) >= 11 is 0. The van der Waals surface area contributed by atoms with Crippen molar-refractivity contribution < 1.29 is 9.53 Å². The minimum absolute atomic E-state index is 0.137. The minimum atomic E-state index is -0.137. The Labute approximate surface area is 120 Å². The van der Waals surface area contributed by atoms with Gasteiger partial charge in [0.05, 0.1) is 12.6 Å². The zero-order chi connectivity index (χ0) is 13.9. The standard InChI is InChI=1S/C16H22N2O2/c1-2-20-16(19)18-9-8-14-11-17(12-15(14)18)10-13-6-4-3-5-7-13/h3-7,14-15H,2,8-12H2,1H3. The molecule has 2 aliphatic rings. The first-order valence-corrected chi connectivity index (χ1v) is 7.47. The third-order valence-electron chi connectivity index (χ3n) is 4.37. The van der Waals surface area contributed by atoms with E-state index in [1.54, 1.807) is 0 Å². The largest absolute Gasteiger partial charge is 0.450 e. The van der Waals surface area contributed by atoms with Gasteiger partial charge in [0, 0.05) is 26.2 Å². The molecule has 3 rings (SSSR count). The Morgan fingerprint density at radius 1 is 1.30 bits per heavy atom. The van der Waals surface area contributed by atoms with Crippen LogP contribution in [0.1, 0.15) is 18.9 Å². The first-order valence-electron chi connectivity index (χ1n) is 7.47. The van der Waals surface area contributed by atoms with Crippen molar-refractivity contribution in [2.24, 2.45) is 5.92 Å². The molecule has 0 aliphatic carbocycles. The van der Waals surface area contributed by atoms with E-state index >= 15 is 0 Å². The number of carbonyl (C=O) groups excluding carboxylic acids is 1. The first-order chi connectivity index (χ1) is 9.78. The highest BCUT2D eigenvalue weighted by Gasteiger charge is 2.43. The molecule has 0 bridgehead atoms. The van der Waals surface area contributed by atoms with Crippen LogP contribution >= 0.6 is 0 Å². The molecule has 4 nitrogen and oxygen atoms in total. The van der Waals surface area contributed by atoms with Gasteiger partial charge in [-0.05, 0) is 24.8 Å². The number of hydrogen-bond donors (Lipinski definition) is 0. The molecule has 4 heteroatoms. The lowest BCUT2D eigenvalue weighted by Gasteiger charge is -2.24. The molecule has 20 heavy (non-hydrogen) atoms. The van der Waals surface area contributed by atoms with E-state index in [9.17, 15) is 4.79 Å². The zero-order valence-corrected chi connectivity index (χ0v) is 12.0. The van der Waals surface area contributed by atoms with Crippen molar-refractivity contribution >= 4 is 6.09 Å². The molecule has 2 heterocycles. The molecular weight excluding hydrogens is 252 g/mol. The summed E-state index contributed by atoms with van der Waals surface area (Å²) in [6.45, 7) is 6.22. The van der Waals surface area contributed by atoms with Crippen LogP contribution in [-0.4, -0.2) is 48.2 Å². The molecular formula is C16H22N2O2. The number of nitrogens with zero attached hydrogens (tertiary/aromatic N) is 2. The second-order valence-electron chi connectivity index (χ2n) is 5.69. The molecule has 2 saturated heterocycles. The van der Waals surface area contributed by atoms with Crippen LogP contribution in [0.15, 0.2) is 30.3 Å². The van der Waals surface area contributed by atoms with E-state index in [0.29, 0.717) is 18.6 Å². The first kappa shape index (κ1) is 13.4. The number of rotatable bonds is 3. The number of benzene rings is 1. The number of ether oxygens (including phenoxy) is 1. The fraction of sp³-hybridized carbons (Fsp3) is 0.562. The van der Waals surface area contributed by atoms with E-state index in [2.05, 4.69) is 29.2 Å². The average Bonchev–Trinajstić information content (AvgIpc) is 2.99. The number of carbonyl (C=O) groups is 1. The smallest absolute Gasteiger partial charge is 0.410 e. The van der Waals surface area contributed by atoms with Crippen molar-refractivity contribution in [3.63, 3.8) is 0 Å². The quantitative estimate of drug-likeness (QED) is 0.848. The van der Waals surface area contributed by atoms with E-state index < -0.39 is 0 Å². The summed E-state index contributed by atoms with van der Waals surface area (Å²) in [6, 6.07) is 10.9. The van der Waals surface area contributed by atoms with Crippen molar-refractivity contribution in [2.75, 3.05) is 26.2 Å². The summed E-state index contributed by atoms with van der Waals surface area (Å²) in [6.07, 6.45) is 0.968. The van der Waals surface area contributed by atoms with Crippen molar-refractivity contribution in [1.29, 1.82) is 0 Å². The fourth-order valence-electron chi connectivity index (χ4n) is 3.45. The van der Waals surface area contributed by atoms with Crippen LogP contribution < -0.4 is 0 Å². The zero-order valence-electron chi connectivity index (χ0n) is 12.0. The van der Waals surface area contributed by atoms with Crippen LogP contribution in [0.25, 0.3) is 0 Å². The number of hydrogen-bond acceptors (Lipinski definition) is 3. The molecule has 0 saturated carbocycles. The molecule has 0 spiro atoms. The Kier molecular flexibility index (Phi) is 3.92. The van der Waals surface area contributed by atoms with Gasteiger partial charge in [0.25, 0.3) is 0 Å². The molecule has 2 aliphatic heterocycles. The summed E-state index contributed by atoms with van der Waals surface area (Å²) in [7, 11) is 0. The van der Waals surface area contributed by atoms with Crippen LogP contribution in [0.5, 0.6) is 0 Å². The maximum atomic E-state index is 11.9. The van der Waals surface area contributed by atoms with Crippen LogP contribution in [-0.2, 0) is 11.3 Å². The molecule has 1 aromatic rings. The minimum Gasteiger partial charge on any atom is -0.450 e. The van der Waals surface area contributed by atoms with Crippen LogP contribution in [0, 0.1) is 5.92 Å². The van der Waals surface area contributed by atoms with Crippen LogP contribution in [0.4, 0.5) is 4.79 Å². The highest BCUT2D eigenvalue weighted by Crippen LogP contribution is 2.32. The molecule has 2 atom stereocenters. The average molecular weight is 274 g/mol. The SMILES string of the molecule is CCOC(=O)N1CCC2CN(Cc3ccccc3)CC21. The van der Waals surface area contributed by atoms with Crippen LogP contribution in [0.3, 0.4) is 0 Å². The summed E-state index contributed by atoms with van der Waals surface area (Å²) < 4.78 is 5.16. The van der Waals surface area contributed by atoms with Crippen molar-refractivity contribution in [3.8, 4) is 0 Å². The Morgan fingerprint density at radius 2 is 2.10 bits per heavy atom. The van der Waals surface area contributed by atoms with E-state index in [1.807, 2.05) is 17.9 Å². The maximum absolute atomic E-state index is 11.9. The van der Waals surface area contributed by atoms with Crippen molar-refractivity contribution in [2.45, 2.75) is 25.9 Å². The van der Waals surface area contributed by atoms with E-state index in [-0.39, 0.29) is 6.09 Å². The molecule has 2 unspecified atom stereocenters. The topological polar surface area (TPSA) is 32.8 Å². The Hall–Kier alpha value is -1.55. The van der Waals surface area contributed by atoms with Gasteiger partial charge in [-0.1, -0.05) is 30.3 Å². The molecule has 108 valence electrons. The van der Waals surface area contributed by atoms with Gasteiger partial charge in [-0.25, -0.2) is 4.79 Å². The second-order valence-corrected chi connectivity index (χ2v) is 5.69. The highest BCUT2D eigenvalue weighted by atomic mass is 16.6. The molecule has 0 aromatic heterocycles. The second kappa shape index (κ2) is 5.83.